The van der Waals surface area contributed by atoms with Gasteiger partial charge in [-0.25, -0.2) is 4.98 Å². The molecule has 4 heterocycles. The predicted octanol–water partition coefficient (Wildman–Crippen LogP) is 4.00. The lowest BCUT2D eigenvalue weighted by molar-refractivity contribution is 0.490. The lowest BCUT2D eigenvalue weighted by atomic mass is 9.95. The summed E-state index contributed by atoms with van der Waals surface area (Å²) in [6.07, 6.45) is 3.62. The van der Waals surface area contributed by atoms with Crippen LogP contribution in [0.3, 0.4) is 0 Å². The molecule has 4 aromatic heterocycles. The number of H-pyrrole nitrogens is 2. The van der Waals surface area contributed by atoms with Crippen molar-refractivity contribution in [2.24, 2.45) is 0 Å². The van der Waals surface area contributed by atoms with Crippen molar-refractivity contribution in [3.63, 3.8) is 0 Å². The first-order valence-electron chi connectivity index (χ1n) is 9.57. The number of nitrogens with zero attached hydrogens (tertiary/aromatic N) is 4. The van der Waals surface area contributed by atoms with Gasteiger partial charge in [-0.15, -0.1) is 10.2 Å². The summed E-state index contributed by atoms with van der Waals surface area (Å²) >= 11 is 0. The molecule has 0 aliphatic heterocycles. The number of benzene rings is 1. The average Bonchev–Trinajstić information content (AvgIpc) is 3.44. The largest absolute Gasteiger partial charge is 0.419 e. The number of aromatic nitrogens is 6. The Bertz CT molecular complexity index is 1310. The Hall–Kier alpha value is -3.52. The van der Waals surface area contributed by atoms with E-state index in [1.54, 1.807) is 6.20 Å². The van der Waals surface area contributed by atoms with Crippen LogP contribution in [-0.4, -0.2) is 37.4 Å². The molecule has 1 aromatic carbocycles. The molecule has 0 atom stereocenters. The minimum atomic E-state index is 0.312. The second-order valence-electron chi connectivity index (χ2n) is 7.35. The molecule has 0 unspecified atom stereocenters. The highest BCUT2D eigenvalue weighted by Gasteiger charge is 2.20. The standard InChI is InChI=1S/C21H21N7O/c1-11(2)18-14-8-12(21-28-26-17(29-21)10-22-3)4-5-16(14)25-19(18)13-6-7-23-20-15(13)9-24-27-20/h4-9,11,22,25H,10H2,1-3H3,(H,23,24,27). The lowest BCUT2D eigenvalue weighted by Gasteiger charge is -2.09. The fraction of sp³-hybridized carbons (Fsp3) is 0.238. The Morgan fingerprint density at radius 3 is 2.86 bits per heavy atom. The van der Waals surface area contributed by atoms with Gasteiger partial charge in [-0.2, -0.15) is 5.10 Å². The van der Waals surface area contributed by atoms with E-state index < -0.39 is 0 Å². The first-order valence-corrected chi connectivity index (χ1v) is 9.57. The zero-order chi connectivity index (χ0) is 20.0. The second-order valence-corrected chi connectivity index (χ2v) is 7.35. The van der Waals surface area contributed by atoms with Gasteiger partial charge < -0.3 is 14.7 Å². The van der Waals surface area contributed by atoms with Crippen LogP contribution in [0.2, 0.25) is 0 Å². The first kappa shape index (κ1) is 17.6. The number of hydrogen-bond acceptors (Lipinski definition) is 6. The van der Waals surface area contributed by atoms with Crippen LogP contribution in [-0.2, 0) is 6.54 Å². The minimum Gasteiger partial charge on any atom is -0.419 e. The third-order valence-corrected chi connectivity index (χ3v) is 5.08. The van der Waals surface area contributed by atoms with Crippen molar-refractivity contribution in [3.8, 4) is 22.7 Å². The molecule has 0 saturated carbocycles. The number of rotatable bonds is 5. The van der Waals surface area contributed by atoms with E-state index in [1.165, 1.54) is 5.56 Å². The quantitative estimate of drug-likeness (QED) is 0.421. The van der Waals surface area contributed by atoms with Gasteiger partial charge in [-0.1, -0.05) is 13.8 Å². The Morgan fingerprint density at radius 2 is 2.03 bits per heavy atom. The maximum absolute atomic E-state index is 5.78. The lowest BCUT2D eigenvalue weighted by Crippen LogP contribution is -2.04. The van der Waals surface area contributed by atoms with Gasteiger partial charge in [-0.3, -0.25) is 5.10 Å². The van der Waals surface area contributed by atoms with Crippen LogP contribution in [0, 0.1) is 0 Å². The molecule has 0 aliphatic rings. The highest BCUT2D eigenvalue weighted by molar-refractivity contribution is 5.99. The molecule has 0 spiro atoms. The van der Waals surface area contributed by atoms with E-state index in [9.17, 15) is 0 Å². The van der Waals surface area contributed by atoms with Gasteiger partial charge in [0.25, 0.3) is 0 Å². The van der Waals surface area contributed by atoms with Gasteiger partial charge in [-0.05, 0) is 42.8 Å². The topological polar surface area (TPSA) is 108 Å². The number of pyridine rings is 1. The molecule has 8 nitrogen and oxygen atoms in total. The molecule has 0 saturated heterocycles. The van der Waals surface area contributed by atoms with Crippen molar-refractivity contribution >= 4 is 21.9 Å². The number of hydrogen-bond donors (Lipinski definition) is 3. The Morgan fingerprint density at radius 1 is 1.14 bits per heavy atom. The third-order valence-electron chi connectivity index (χ3n) is 5.08. The molecular formula is C21H21N7O. The second kappa shape index (κ2) is 6.82. The molecule has 8 heteroatoms. The van der Waals surface area contributed by atoms with Crippen molar-refractivity contribution in [3.05, 3.63) is 48.1 Å². The molecule has 0 aliphatic carbocycles. The highest BCUT2D eigenvalue weighted by atomic mass is 16.4. The van der Waals surface area contributed by atoms with E-state index in [0.717, 1.165) is 38.8 Å². The zero-order valence-electron chi connectivity index (χ0n) is 16.4. The molecule has 3 N–H and O–H groups in total. The summed E-state index contributed by atoms with van der Waals surface area (Å²) in [4.78, 5) is 7.96. The van der Waals surface area contributed by atoms with Gasteiger partial charge in [0.15, 0.2) is 5.65 Å². The maximum Gasteiger partial charge on any atom is 0.247 e. The maximum atomic E-state index is 5.78. The molecule has 0 fully saturated rings. The molecule has 146 valence electrons. The van der Waals surface area contributed by atoms with E-state index in [4.69, 9.17) is 4.42 Å². The predicted molar refractivity (Wildman–Crippen MR) is 111 cm³/mol. The van der Waals surface area contributed by atoms with E-state index in [0.29, 0.717) is 24.2 Å². The number of nitrogens with one attached hydrogen (secondary N) is 3. The summed E-state index contributed by atoms with van der Waals surface area (Å²) < 4.78 is 5.78. The Kier molecular flexibility index (Phi) is 4.13. The van der Waals surface area contributed by atoms with Crippen LogP contribution in [0.1, 0.15) is 31.2 Å². The average molecular weight is 387 g/mol. The monoisotopic (exact) mass is 387 g/mol. The minimum absolute atomic E-state index is 0.312. The van der Waals surface area contributed by atoms with Gasteiger partial charge >= 0.3 is 0 Å². The molecular weight excluding hydrogens is 366 g/mol. The molecule has 0 amide bonds. The first-order chi connectivity index (χ1) is 14.2. The summed E-state index contributed by atoms with van der Waals surface area (Å²) in [6, 6.07) is 8.21. The van der Waals surface area contributed by atoms with E-state index >= 15 is 0 Å². The van der Waals surface area contributed by atoms with Crippen molar-refractivity contribution in [1.29, 1.82) is 0 Å². The van der Waals surface area contributed by atoms with Crippen LogP contribution in [0.4, 0.5) is 0 Å². The van der Waals surface area contributed by atoms with Crippen molar-refractivity contribution in [1.82, 2.24) is 35.7 Å². The van der Waals surface area contributed by atoms with Gasteiger partial charge in [0.1, 0.15) is 0 Å². The highest BCUT2D eigenvalue weighted by Crippen LogP contribution is 2.39. The summed E-state index contributed by atoms with van der Waals surface area (Å²) in [5.41, 5.74) is 6.16. The zero-order valence-corrected chi connectivity index (χ0v) is 16.4. The molecule has 0 radical (unpaired) electrons. The smallest absolute Gasteiger partial charge is 0.247 e. The summed E-state index contributed by atoms with van der Waals surface area (Å²) in [5, 5.41) is 20.6. The van der Waals surface area contributed by atoms with Crippen LogP contribution >= 0.6 is 0 Å². The summed E-state index contributed by atoms with van der Waals surface area (Å²) in [7, 11) is 1.85. The van der Waals surface area contributed by atoms with Crippen LogP contribution in [0.25, 0.3) is 44.6 Å². The Labute approximate surface area is 166 Å². The van der Waals surface area contributed by atoms with E-state index in [1.807, 2.05) is 25.4 Å². The number of aromatic amines is 2. The van der Waals surface area contributed by atoms with Crippen LogP contribution < -0.4 is 5.32 Å². The normalized spacial score (nSPS) is 11.9. The molecule has 29 heavy (non-hydrogen) atoms. The fourth-order valence-electron chi connectivity index (χ4n) is 3.82. The molecule has 0 bridgehead atoms. The number of fused-ring (bicyclic) bond motifs is 2. The van der Waals surface area contributed by atoms with Crippen LogP contribution in [0.5, 0.6) is 0 Å². The fourth-order valence-corrected chi connectivity index (χ4v) is 3.82. The van der Waals surface area contributed by atoms with Crippen LogP contribution in [0.15, 0.2) is 41.1 Å². The third kappa shape index (κ3) is 2.89. The molecule has 5 aromatic rings. The summed E-state index contributed by atoms with van der Waals surface area (Å²) in [6.45, 7) is 4.94. The van der Waals surface area contributed by atoms with Crippen molar-refractivity contribution < 1.29 is 4.42 Å². The van der Waals surface area contributed by atoms with Crippen molar-refractivity contribution in [2.45, 2.75) is 26.3 Å². The SMILES string of the molecule is CNCc1nnc(-c2ccc3[nH]c(-c4ccnc5[nH]ncc45)c(C(C)C)c3c2)o1. The van der Waals surface area contributed by atoms with Gasteiger partial charge in [0.05, 0.1) is 18.4 Å². The Balaban J connectivity index is 1.70. The summed E-state index contributed by atoms with van der Waals surface area (Å²) in [5.74, 6) is 1.41. The van der Waals surface area contributed by atoms with Gasteiger partial charge in [0, 0.05) is 33.6 Å². The van der Waals surface area contributed by atoms with Crippen molar-refractivity contribution in [2.75, 3.05) is 7.05 Å². The van der Waals surface area contributed by atoms with Gasteiger partial charge in [0.2, 0.25) is 11.8 Å². The van der Waals surface area contributed by atoms with E-state index in [-0.39, 0.29) is 0 Å². The molecule has 5 rings (SSSR count). The van der Waals surface area contributed by atoms with E-state index in [2.05, 4.69) is 61.7 Å².